The van der Waals surface area contributed by atoms with Gasteiger partial charge in [-0.25, -0.2) is 13.1 Å². The molecule has 8 rings (SSSR count). The fourth-order valence-electron chi connectivity index (χ4n) is 9.57. The summed E-state index contributed by atoms with van der Waals surface area (Å²) in [6.07, 6.45) is 8.61. The fourth-order valence-corrected chi connectivity index (χ4v) is 10.5. The van der Waals surface area contributed by atoms with E-state index in [1.165, 1.54) is 37.5 Å². The van der Waals surface area contributed by atoms with Crippen LogP contribution in [0.5, 0.6) is 5.75 Å². The number of fused-ring (bicyclic) bond motifs is 9. The molecule has 11 heteroatoms. The molecule has 0 spiro atoms. The summed E-state index contributed by atoms with van der Waals surface area (Å²) in [5.74, 6) is 0.514. The van der Waals surface area contributed by atoms with Crippen molar-refractivity contribution in [2.24, 2.45) is 5.41 Å². The summed E-state index contributed by atoms with van der Waals surface area (Å²) in [5.41, 5.74) is 5.31. The third-order valence-corrected chi connectivity index (χ3v) is 13.1. The van der Waals surface area contributed by atoms with Crippen LogP contribution in [0.15, 0.2) is 36.4 Å². The Labute approximate surface area is 282 Å². The van der Waals surface area contributed by atoms with Crippen molar-refractivity contribution in [2.75, 3.05) is 46.7 Å². The van der Waals surface area contributed by atoms with Gasteiger partial charge in [-0.3, -0.25) is 9.59 Å². The molecule has 2 aliphatic carbocycles. The second-order valence-electron chi connectivity index (χ2n) is 14.8. The Morgan fingerprint density at radius 1 is 0.979 bits per heavy atom. The Balaban J connectivity index is 1.30. The number of benzene rings is 2. The minimum absolute atomic E-state index is 0.00486. The van der Waals surface area contributed by atoms with Gasteiger partial charge in [0.2, 0.25) is 15.9 Å². The second-order valence-corrected chi connectivity index (χ2v) is 16.7. The quantitative estimate of drug-likeness (QED) is 0.364. The molecule has 3 aromatic rings. The zero-order valence-corrected chi connectivity index (χ0v) is 29.0. The van der Waals surface area contributed by atoms with E-state index in [1.807, 2.05) is 18.2 Å². The number of hydrogen-bond acceptors (Lipinski definition) is 7. The van der Waals surface area contributed by atoms with Crippen LogP contribution in [0.1, 0.15) is 84.7 Å². The van der Waals surface area contributed by atoms with Crippen molar-refractivity contribution in [3.8, 4) is 17.0 Å². The van der Waals surface area contributed by atoms with Gasteiger partial charge in [0.1, 0.15) is 5.75 Å². The normalized spacial score (nSPS) is 26.8. The van der Waals surface area contributed by atoms with Crippen molar-refractivity contribution >= 4 is 32.7 Å². The number of methoxy groups -OCH3 is 2. The number of ether oxygens (including phenoxy) is 2. The van der Waals surface area contributed by atoms with Gasteiger partial charge in [-0.1, -0.05) is 25.3 Å². The number of piperazine rings is 1. The molecule has 256 valence electrons. The van der Waals surface area contributed by atoms with Crippen LogP contribution >= 0.6 is 0 Å². The summed E-state index contributed by atoms with van der Waals surface area (Å²) in [5, 5.41) is 1.08. The van der Waals surface area contributed by atoms with Gasteiger partial charge in [0.05, 0.1) is 30.6 Å². The van der Waals surface area contributed by atoms with E-state index in [0.29, 0.717) is 12.5 Å². The number of carbonyl (C=O) groups excluding carboxylic acids is 2. The number of nitrogens with zero attached hydrogens (tertiary/aromatic N) is 3. The monoisotopic (exact) mass is 674 g/mol. The number of hydrogen-bond donors (Lipinski definition) is 1. The molecule has 2 aromatic carbocycles. The molecule has 4 unspecified atom stereocenters. The van der Waals surface area contributed by atoms with E-state index < -0.39 is 21.3 Å². The largest absolute Gasteiger partial charge is 0.497 e. The molecule has 2 saturated carbocycles. The van der Waals surface area contributed by atoms with E-state index in [0.717, 1.165) is 73.1 Å². The summed E-state index contributed by atoms with van der Waals surface area (Å²) >= 11 is 0. The molecule has 48 heavy (non-hydrogen) atoms. The molecule has 3 aliphatic heterocycles. The summed E-state index contributed by atoms with van der Waals surface area (Å²) in [4.78, 5) is 33.0. The number of likely N-dealkylation sites (N-methyl/N-ethyl adjacent to an activating group) is 1. The van der Waals surface area contributed by atoms with Crippen molar-refractivity contribution in [1.82, 2.24) is 19.1 Å². The molecule has 1 N–H and O–H groups in total. The zero-order chi connectivity index (χ0) is 33.4. The van der Waals surface area contributed by atoms with Crippen LogP contribution in [0.3, 0.4) is 0 Å². The Morgan fingerprint density at radius 3 is 2.44 bits per heavy atom. The molecule has 10 nitrogen and oxygen atoms in total. The maximum Gasteiger partial charge on any atom is 0.264 e. The Morgan fingerprint density at radius 2 is 1.73 bits per heavy atom. The first-order valence-corrected chi connectivity index (χ1v) is 19.2. The van der Waals surface area contributed by atoms with E-state index >= 15 is 0 Å². The van der Waals surface area contributed by atoms with Gasteiger partial charge >= 0.3 is 0 Å². The lowest BCUT2D eigenvalue weighted by atomic mass is 9.81. The van der Waals surface area contributed by atoms with Crippen LogP contribution in [0.4, 0.5) is 0 Å². The van der Waals surface area contributed by atoms with Gasteiger partial charge in [-0.2, -0.15) is 0 Å². The maximum absolute atomic E-state index is 15.0. The predicted octanol–water partition coefficient (Wildman–Crippen LogP) is 4.86. The molecular formula is C37H46N4O6S. The molecule has 1 aromatic heterocycles. The van der Waals surface area contributed by atoms with Crippen LogP contribution in [0.25, 0.3) is 22.2 Å². The van der Waals surface area contributed by atoms with Gasteiger partial charge in [0.25, 0.3) is 5.91 Å². The van der Waals surface area contributed by atoms with Crippen LogP contribution in [-0.2, 0) is 26.1 Å². The summed E-state index contributed by atoms with van der Waals surface area (Å²) < 4.78 is 40.5. The highest BCUT2D eigenvalue weighted by Gasteiger charge is 2.65. The van der Waals surface area contributed by atoms with Crippen LogP contribution in [0.2, 0.25) is 0 Å². The molecule has 2 amide bonds. The Kier molecular flexibility index (Phi) is 7.88. The van der Waals surface area contributed by atoms with E-state index in [1.54, 1.807) is 13.2 Å². The highest BCUT2D eigenvalue weighted by atomic mass is 32.2. The molecule has 5 aliphatic rings. The lowest BCUT2D eigenvalue weighted by Gasteiger charge is -2.41. The molecule has 4 heterocycles. The minimum atomic E-state index is -3.87. The maximum atomic E-state index is 15.0. The summed E-state index contributed by atoms with van der Waals surface area (Å²) in [7, 11) is 1.41. The van der Waals surface area contributed by atoms with Gasteiger partial charge in [0.15, 0.2) is 0 Å². The van der Waals surface area contributed by atoms with Crippen LogP contribution in [-0.4, -0.2) is 93.4 Å². The van der Waals surface area contributed by atoms with E-state index in [9.17, 15) is 18.0 Å². The summed E-state index contributed by atoms with van der Waals surface area (Å²) in [6.45, 7) is 2.33. The Bertz CT molecular complexity index is 1880. The topological polar surface area (TPSA) is 110 Å². The number of carbonyl (C=O) groups is 2. The smallest absolute Gasteiger partial charge is 0.264 e. The first kappa shape index (κ1) is 31.8. The first-order chi connectivity index (χ1) is 23.1. The highest BCUT2D eigenvalue weighted by Crippen LogP contribution is 2.66. The molecule has 2 saturated heterocycles. The fraction of sp³-hybridized carbons (Fsp3) is 0.568. The lowest BCUT2D eigenvalue weighted by molar-refractivity contribution is -0.143. The SMILES string of the molecule is COCCS(=O)(=O)NC(=O)c1ccc2c(C3CCCCC3)c3n(c2c1)CC1(C(=O)N2C4CCC2CN(C)C4)CC1c1cc(OC)ccc1-3. The van der Waals surface area contributed by atoms with Crippen molar-refractivity contribution in [2.45, 2.75) is 81.8 Å². The molecule has 4 atom stereocenters. The average molecular weight is 675 g/mol. The average Bonchev–Trinajstić information content (AvgIpc) is 3.67. The van der Waals surface area contributed by atoms with Crippen LogP contribution in [0, 0.1) is 5.41 Å². The Hall–Kier alpha value is -3.41. The van der Waals surface area contributed by atoms with Crippen LogP contribution < -0.4 is 9.46 Å². The first-order valence-electron chi connectivity index (χ1n) is 17.5. The lowest BCUT2D eigenvalue weighted by Crippen LogP contribution is -2.57. The number of sulfonamides is 1. The minimum Gasteiger partial charge on any atom is -0.497 e. The van der Waals surface area contributed by atoms with Crippen molar-refractivity contribution in [3.05, 3.63) is 53.1 Å². The number of aromatic nitrogens is 1. The standard InChI is InChI=1S/C37H46N4O6S/c1-39-20-25-10-11-26(21-39)41(25)36(43)37-19-31(37)30-18-27(47-3)12-14-28(30)34-33(23-7-5-4-6-8-23)29-13-9-24(17-32(29)40(34)22-37)35(42)38-48(44,45)16-15-46-2/h9,12-14,17-18,23,25-26,31H,4-8,10-11,15-16,19-22H2,1-3H3,(H,38,42). The van der Waals surface area contributed by atoms with E-state index in [-0.39, 0.29) is 41.8 Å². The molecule has 2 bridgehead atoms. The number of likely N-dealkylation sites (tertiary alicyclic amines) is 1. The third kappa shape index (κ3) is 5.15. The van der Waals surface area contributed by atoms with E-state index in [2.05, 4.69) is 38.3 Å². The van der Waals surface area contributed by atoms with E-state index in [4.69, 9.17) is 9.47 Å². The second kappa shape index (κ2) is 11.9. The highest BCUT2D eigenvalue weighted by molar-refractivity contribution is 7.90. The van der Waals surface area contributed by atoms with Crippen molar-refractivity contribution < 1.29 is 27.5 Å². The number of amides is 2. The molecule has 4 fully saturated rings. The van der Waals surface area contributed by atoms with Gasteiger partial charge < -0.3 is 23.8 Å². The number of nitrogens with one attached hydrogen (secondary N) is 1. The van der Waals surface area contributed by atoms with Gasteiger partial charge in [-0.15, -0.1) is 0 Å². The molecular weight excluding hydrogens is 628 g/mol. The molecule has 0 radical (unpaired) electrons. The van der Waals surface area contributed by atoms with Gasteiger partial charge in [-0.05, 0) is 86.5 Å². The van der Waals surface area contributed by atoms with Crippen molar-refractivity contribution in [1.29, 1.82) is 0 Å². The van der Waals surface area contributed by atoms with Crippen molar-refractivity contribution in [3.63, 3.8) is 0 Å². The zero-order valence-electron chi connectivity index (χ0n) is 28.2. The van der Waals surface area contributed by atoms with Gasteiger partial charge in [0, 0.05) is 66.8 Å². The predicted molar refractivity (Wildman–Crippen MR) is 184 cm³/mol. The summed E-state index contributed by atoms with van der Waals surface area (Å²) in [6, 6.07) is 12.4. The third-order valence-electron chi connectivity index (χ3n) is 11.9. The number of rotatable bonds is 8.